The second-order valence-corrected chi connectivity index (χ2v) is 3.57. The molecule has 1 aromatic heterocycles. The minimum atomic E-state index is 0.644. The number of benzene rings is 1. The Kier molecular flexibility index (Phi) is 3.14. The Bertz CT molecular complexity index is 527. The van der Waals surface area contributed by atoms with Gasteiger partial charge in [-0.05, 0) is 23.8 Å². The van der Waals surface area contributed by atoms with Crippen molar-refractivity contribution < 1.29 is 9.47 Å². The molecule has 0 amide bonds. The van der Waals surface area contributed by atoms with Crippen molar-refractivity contribution in [3.05, 3.63) is 36.7 Å². The van der Waals surface area contributed by atoms with Crippen LogP contribution in [0, 0.1) is 0 Å². The maximum Gasteiger partial charge on any atom is 0.129 e. The molecule has 0 bridgehead atoms. The van der Waals surface area contributed by atoms with Gasteiger partial charge in [-0.3, -0.25) is 4.98 Å². The molecule has 0 saturated carbocycles. The molecule has 4 nitrogen and oxygen atoms in total. The normalized spacial score (nSPS) is 10.0. The zero-order chi connectivity index (χ0) is 12.3. The summed E-state index contributed by atoms with van der Waals surface area (Å²) in [5, 5.41) is 0. The van der Waals surface area contributed by atoms with E-state index in [1.807, 2.05) is 18.2 Å². The van der Waals surface area contributed by atoms with Crippen LogP contribution in [0.15, 0.2) is 36.7 Å². The molecule has 0 aliphatic carbocycles. The minimum Gasteiger partial charge on any atom is -0.497 e. The number of pyridine rings is 1. The minimum absolute atomic E-state index is 0.644. The quantitative estimate of drug-likeness (QED) is 0.822. The van der Waals surface area contributed by atoms with E-state index in [2.05, 4.69) is 4.98 Å². The van der Waals surface area contributed by atoms with E-state index in [9.17, 15) is 0 Å². The molecule has 0 radical (unpaired) electrons. The van der Waals surface area contributed by atoms with Gasteiger partial charge in [0.1, 0.15) is 11.5 Å². The summed E-state index contributed by atoms with van der Waals surface area (Å²) in [7, 11) is 3.24. The summed E-state index contributed by atoms with van der Waals surface area (Å²) in [4.78, 5) is 4.09. The summed E-state index contributed by atoms with van der Waals surface area (Å²) < 4.78 is 10.5. The SMILES string of the molecule is COc1cc(N)cc(-c2cnccc2OC)c1. The van der Waals surface area contributed by atoms with E-state index in [4.69, 9.17) is 15.2 Å². The van der Waals surface area contributed by atoms with Crippen LogP contribution in [0.3, 0.4) is 0 Å². The van der Waals surface area contributed by atoms with Crippen molar-refractivity contribution in [2.45, 2.75) is 0 Å². The van der Waals surface area contributed by atoms with Gasteiger partial charge >= 0.3 is 0 Å². The molecule has 2 rings (SSSR count). The monoisotopic (exact) mass is 230 g/mol. The van der Waals surface area contributed by atoms with Gasteiger partial charge in [0.15, 0.2) is 0 Å². The lowest BCUT2D eigenvalue weighted by Crippen LogP contribution is -1.92. The Balaban J connectivity index is 2.55. The maximum atomic E-state index is 5.82. The summed E-state index contributed by atoms with van der Waals surface area (Å²) in [5.74, 6) is 1.47. The van der Waals surface area contributed by atoms with Crippen molar-refractivity contribution in [2.24, 2.45) is 0 Å². The van der Waals surface area contributed by atoms with E-state index in [1.54, 1.807) is 32.7 Å². The first kappa shape index (κ1) is 11.3. The van der Waals surface area contributed by atoms with Crippen molar-refractivity contribution in [2.75, 3.05) is 20.0 Å². The molecule has 0 atom stereocenters. The van der Waals surface area contributed by atoms with Crippen LogP contribution < -0.4 is 15.2 Å². The van der Waals surface area contributed by atoms with Crippen LogP contribution in [-0.4, -0.2) is 19.2 Å². The Morgan fingerprint density at radius 2 is 1.94 bits per heavy atom. The van der Waals surface area contributed by atoms with Crippen LogP contribution in [0.25, 0.3) is 11.1 Å². The second kappa shape index (κ2) is 4.74. The summed E-state index contributed by atoms with van der Waals surface area (Å²) in [5.41, 5.74) is 8.28. The number of hydrogen-bond acceptors (Lipinski definition) is 4. The summed E-state index contributed by atoms with van der Waals surface area (Å²) >= 11 is 0. The Morgan fingerprint density at radius 3 is 2.65 bits per heavy atom. The predicted octanol–water partition coefficient (Wildman–Crippen LogP) is 2.35. The van der Waals surface area contributed by atoms with Crippen molar-refractivity contribution in [3.63, 3.8) is 0 Å². The smallest absolute Gasteiger partial charge is 0.129 e. The molecular formula is C13H14N2O2. The topological polar surface area (TPSA) is 57.4 Å². The molecule has 17 heavy (non-hydrogen) atoms. The average Bonchev–Trinajstić information content (AvgIpc) is 2.37. The summed E-state index contributed by atoms with van der Waals surface area (Å²) in [6.45, 7) is 0. The average molecular weight is 230 g/mol. The lowest BCUT2D eigenvalue weighted by Gasteiger charge is -2.10. The molecule has 0 saturated heterocycles. The highest BCUT2D eigenvalue weighted by molar-refractivity contribution is 5.73. The molecule has 0 unspecified atom stereocenters. The van der Waals surface area contributed by atoms with E-state index >= 15 is 0 Å². The van der Waals surface area contributed by atoms with E-state index in [0.29, 0.717) is 11.4 Å². The van der Waals surface area contributed by atoms with Crippen LogP contribution in [0.4, 0.5) is 5.69 Å². The molecule has 1 aromatic carbocycles. The van der Waals surface area contributed by atoms with E-state index in [1.165, 1.54) is 0 Å². The fourth-order valence-corrected chi connectivity index (χ4v) is 1.67. The van der Waals surface area contributed by atoms with Crippen molar-refractivity contribution in [1.82, 2.24) is 4.98 Å². The maximum absolute atomic E-state index is 5.82. The number of hydrogen-bond donors (Lipinski definition) is 1. The zero-order valence-corrected chi connectivity index (χ0v) is 9.81. The number of methoxy groups -OCH3 is 2. The van der Waals surface area contributed by atoms with Crippen molar-refractivity contribution in [1.29, 1.82) is 0 Å². The number of aromatic nitrogens is 1. The van der Waals surface area contributed by atoms with E-state index < -0.39 is 0 Å². The highest BCUT2D eigenvalue weighted by Gasteiger charge is 2.07. The van der Waals surface area contributed by atoms with Crippen molar-refractivity contribution in [3.8, 4) is 22.6 Å². The molecular weight excluding hydrogens is 216 g/mol. The standard InChI is InChI=1S/C13H14N2O2/c1-16-11-6-9(5-10(14)7-11)12-8-15-4-3-13(12)17-2/h3-8H,14H2,1-2H3. The first-order valence-corrected chi connectivity index (χ1v) is 5.17. The van der Waals surface area contributed by atoms with Gasteiger partial charge in [-0.25, -0.2) is 0 Å². The third-order valence-corrected chi connectivity index (χ3v) is 2.48. The highest BCUT2D eigenvalue weighted by Crippen LogP contribution is 2.32. The summed E-state index contributed by atoms with van der Waals surface area (Å²) in [6, 6.07) is 7.34. The van der Waals surface area contributed by atoms with E-state index in [0.717, 1.165) is 16.9 Å². The number of nitrogens with two attached hydrogens (primary N) is 1. The molecule has 0 spiro atoms. The number of ether oxygens (including phenoxy) is 2. The summed E-state index contributed by atoms with van der Waals surface area (Å²) in [6.07, 6.45) is 3.43. The van der Waals surface area contributed by atoms with Gasteiger partial charge < -0.3 is 15.2 Å². The number of anilines is 1. The number of nitrogens with zero attached hydrogens (tertiary/aromatic N) is 1. The first-order valence-electron chi connectivity index (χ1n) is 5.17. The molecule has 0 fully saturated rings. The van der Waals surface area contributed by atoms with Crippen LogP contribution >= 0.6 is 0 Å². The van der Waals surface area contributed by atoms with Crippen molar-refractivity contribution >= 4 is 5.69 Å². The van der Waals surface area contributed by atoms with Gasteiger partial charge in [-0.15, -0.1) is 0 Å². The molecule has 88 valence electrons. The molecule has 1 heterocycles. The second-order valence-electron chi connectivity index (χ2n) is 3.57. The number of rotatable bonds is 3. The third-order valence-electron chi connectivity index (χ3n) is 2.48. The number of nitrogen functional groups attached to an aromatic ring is 1. The molecule has 2 aromatic rings. The van der Waals surface area contributed by atoms with Crippen LogP contribution in [-0.2, 0) is 0 Å². The van der Waals surface area contributed by atoms with Crippen LogP contribution in [0.1, 0.15) is 0 Å². The van der Waals surface area contributed by atoms with Gasteiger partial charge in [0.25, 0.3) is 0 Å². The van der Waals surface area contributed by atoms with Gasteiger partial charge in [0.05, 0.1) is 14.2 Å². The highest BCUT2D eigenvalue weighted by atomic mass is 16.5. The molecule has 0 aliphatic rings. The van der Waals surface area contributed by atoms with Crippen LogP contribution in [0.2, 0.25) is 0 Å². The third kappa shape index (κ3) is 2.30. The Morgan fingerprint density at radius 1 is 1.12 bits per heavy atom. The Hall–Kier alpha value is -2.23. The lowest BCUT2D eigenvalue weighted by molar-refractivity contribution is 0.413. The largest absolute Gasteiger partial charge is 0.497 e. The zero-order valence-electron chi connectivity index (χ0n) is 9.81. The van der Waals surface area contributed by atoms with E-state index in [-0.39, 0.29) is 0 Å². The first-order chi connectivity index (χ1) is 8.24. The van der Waals surface area contributed by atoms with Gasteiger partial charge in [0.2, 0.25) is 0 Å². The molecule has 0 aliphatic heterocycles. The molecule has 4 heteroatoms. The molecule has 2 N–H and O–H groups in total. The van der Waals surface area contributed by atoms with Crippen LogP contribution in [0.5, 0.6) is 11.5 Å². The van der Waals surface area contributed by atoms with Gasteiger partial charge in [-0.2, -0.15) is 0 Å². The Labute approximate surface area is 100 Å². The lowest BCUT2D eigenvalue weighted by atomic mass is 10.1. The fraction of sp³-hybridized carbons (Fsp3) is 0.154. The fourth-order valence-electron chi connectivity index (χ4n) is 1.67. The van der Waals surface area contributed by atoms with Gasteiger partial charge in [-0.1, -0.05) is 0 Å². The van der Waals surface area contributed by atoms with Gasteiger partial charge in [0, 0.05) is 29.7 Å². The predicted molar refractivity (Wildman–Crippen MR) is 67.2 cm³/mol.